The maximum absolute atomic E-state index is 11.4. The van der Waals surface area contributed by atoms with E-state index in [1.165, 1.54) is 6.92 Å². The molecule has 0 aliphatic heterocycles. The van der Waals surface area contributed by atoms with Gasteiger partial charge in [-0.15, -0.1) is 0 Å². The quantitative estimate of drug-likeness (QED) is 0.664. The minimum atomic E-state index is -0.0119. The summed E-state index contributed by atoms with van der Waals surface area (Å²) in [6.45, 7) is 1.50. The lowest BCUT2D eigenvalue weighted by molar-refractivity contribution is 0.0968. The molecule has 0 unspecified atom stereocenters. The first-order valence-corrected chi connectivity index (χ1v) is 4.44. The second-order valence-corrected chi connectivity index (χ2v) is 3.42. The van der Waals surface area contributed by atoms with Crippen LogP contribution in [0.4, 0.5) is 0 Å². The molecule has 0 fully saturated rings. The smallest absolute Gasteiger partial charge is 0.179 e. The Labute approximate surface area is 76.1 Å². The molecule has 3 heteroatoms. The van der Waals surface area contributed by atoms with Gasteiger partial charge in [0.1, 0.15) is 0 Å². The van der Waals surface area contributed by atoms with E-state index in [1.807, 2.05) is 0 Å². The Balaban J connectivity index is 2.48. The summed E-state index contributed by atoms with van der Waals surface area (Å²) in [5, 5.41) is 0. The van der Waals surface area contributed by atoms with Gasteiger partial charge in [-0.2, -0.15) is 0 Å². The molecule has 0 saturated heterocycles. The zero-order chi connectivity index (χ0) is 9.42. The minimum Gasteiger partial charge on any atom is -0.349 e. The van der Waals surface area contributed by atoms with Crippen molar-refractivity contribution in [3.05, 3.63) is 23.0 Å². The van der Waals surface area contributed by atoms with Gasteiger partial charge in [0.2, 0.25) is 0 Å². The number of aryl methyl sites for hydroxylation is 1. The van der Waals surface area contributed by atoms with Crippen molar-refractivity contribution in [3.8, 4) is 0 Å². The van der Waals surface area contributed by atoms with Gasteiger partial charge in [0.05, 0.1) is 11.4 Å². The zero-order valence-corrected chi connectivity index (χ0v) is 7.52. The maximum Gasteiger partial charge on any atom is 0.179 e. The lowest BCUT2D eigenvalue weighted by atomic mass is 9.97. The monoisotopic (exact) mass is 177 g/mol. The maximum atomic E-state index is 11.4. The topological polar surface area (TPSA) is 49.9 Å². The molecule has 68 valence electrons. The van der Waals surface area contributed by atoms with E-state index >= 15 is 0 Å². The molecule has 3 nitrogen and oxygen atoms in total. The summed E-state index contributed by atoms with van der Waals surface area (Å²) in [7, 11) is 0. The van der Waals surface area contributed by atoms with Gasteiger partial charge in [0.25, 0.3) is 0 Å². The summed E-state index contributed by atoms with van der Waals surface area (Å²) in [6.07, 6.45) is 2.41. The van der Waals surface area contributed by atoms with E-state index in [0.29, 0.717) is 17.8 Å². The van der Waals surface area contributed by atoms with Gasteiger partial charge < -0.3 is 4.98 Å². The molecular formula is C10H11NO2. The zero-order valence-electron chi connectivity index (χ0n) is 7.52. The third-order valence-electron chi connectivity index (χ3n) is 2.41. The fourth-order valence-corrected chi connectivity index (χ4v) is 1.70. The molecule has 0 bridgehead atoms. The SMILES string of the molecule is CC(=O)c1cc2c([nH]1)C(=O)CCC2. The Morgan fingerprint density at radius 1 is 1.46 bits per heavy atom. The first-order valence-electron chi connectivity index (χ1n) is 4.44. The molecule has 0 radical (unpaired) electrons. The molecule has 0 amide bonds. The van der Waals surface area contributed by atoms with Crippen LogP contribution in [0.2, 0.25) is 0 Å². The van der Waals surface area contributed by atoms with Gasteiger partial charge in [-0.3, -0.25) is 9.59 Å². The molecule has 1 aliphatic rings. The predicted octanol–water partition coefficient (Wildman–Crippen LogP) is 1.74. The summed E-state index contributed by atoms with van der Waals surface area (Å²) in [4.78, 5) is 25.3. The van der Waals surface area contributed by atoms with Gasteiger partial charge in [-0.1, -0.05) is 0 Å². The number of ketones is 2. The summed E-state index contributed by atoms with van der Waals surface area (Å²) >= 11 is 0. The van der Waals surface area contributed by atoms with Crippen LogP contribution in [0.1, 0.15) is 46.3 Å². The molecule has 1 aromatic rings. The normalized spacial score (nSPS) is 15.6. The van der Waals surface area contributed by atoms with Crippen LogP contribution >= 0.6 is 0 Å². The summed E-state index contributed by atoms with van der Waals surface area (Å²) in [5.74, 6) is 0.121. The van der Waals surface area contributed by atoms with Crippen molar-refractivity contribution >= 4 is 11.6 Å². The number of fused-ring (bicyclic) bond motifs is 1. The highest BCUT2D eigenvalue weighted by Crippen LogP contribution is 2.21. The first-order chi connectivity index (χ1) is 6.18. The van der Waals surface area contributed by atoms with Crippen LogP contribution in [0, 0.1) is 0 Å². The second kappa shape index (κ2) is 2.83. The molecule has 0 atom stereocenters. The Bertz CT molecular complexity index is 376. The molecular weight excluding hydrogens is 166 g/mol. The fourth-order valence-electron chi connectivity index (χ4n) is 1.70. The Morgan fingerprint density at radius 3 is 2.85 bits per heavy atom. The van der Waals surface area contributed by atoms with E-state index < -0.39 is 0 Å². The van der Waals surface area contributed by atoms with Gasteiger partial charge in [-0.25, -0.2) is 0 Å². The number of Topliss-reactive ketones (excluding diaryl/α,β-unsaturated/α-hetero) is 2. The van der Waals surface area contributed by atoms with Crippen LogP contribution < -0.4 is 0 Å². The van der Waals surface area contributed by atoms with E-state index in [4.69, 9.17) is 0 Å². The van der Waals surface area contributed by atoms with Crippen molar-refractivity contribution in [2.45, 2.75) is 26.2 Å². The van der Waals surface area contributed by atoms with Crippen LogP contribution in [-0.2, 0) is 6.42 Å². The number of aromatic amines is 1. The van der Waals surface area contributed by atoms with Crippen molar-refractivity contribution < 1.29 is 9.59 Å². The highest BCUT2D eigenvalue weighted by Gasteiger charge is 2.20. The van der Waals surface area contributed by atoms with Crippen LogP contribution in [0.15, 0.2) is 6.07 Å². The number of H-pyrrole nitrogens is 1. The van der Waals surface area contributed by atoms with Gasteiger partial charge in [-0.05, 0) is 24.5 Å². The number of aromatic nitrogens is 1. The molecule has 13 heavy (non-hydrogen) atoms. The van der Waals surface area contributed by atoms with Crippen LogP contribution in [0.5, 0.6) is 0 Å². The third-order valence-corrected chi connectivity index (χ3v) is 2.41. The van der Waals surface area contributed by atoms with Crippen molar-refractivity contribution in [2.24, 2.45) is 0 Å². The highest BCUT2D eigenvalue weighted by atomic mass is 16.1. The fraction of sp³-hybridized carbons (Fsp3) is 0.400. The van der Waals surface area contributed by atoms with E-state index in [9.17, 15) is 9.59 Å². The van der Waals surface area contributed by atoms with Gasteiger partial charge in [0.15, 0.2) is 11.6 Å². The predicted molar refractivity (Wildman–Crippen MR) is 48.1 cm³/mol. The van der Waals surface area contributed by atoms with E-state index in [1.54, 1.807) is 6.07 Å². The van der Waals surface area contributed by atoms with Crippen molar-refractivity contribution in [3.63, 3.8) is 0 Å². The van der Waals surface area contributed by atoms with Gasteiger partial charge in [0, 0.05) is 13.3 Å². The Kier molecular flexibility index (Phi) is 1.79. The lowest BCUT2D eigenvalue weighted by Gasteiger charge is -2.07. The Hall–Kier alpha value is -1.38. The number of hydrogen-bond donors (Lipinski definition) is 1. The number of hydrogen-bond acceptors (Lipinski definition) is 2. The molecule has 0 saturated carbocycles. The molecule has 2 rings (SSSR count). The summed E-state index contributed by atoms with van der Waals surface area (Å²) in [6, 6.07) is 1.80. The highest BCUT2D eigenvalue weighted by molar-refractivity contribution is 6.00. The number of rotatable bonds is 1. The summed E-state index contributed by atoms with van der Waals surface area (Å²) < 4.78 is 0. The Morgan fingerprint density at radius 2 is 2.23 bits per heavy atom. The average molecular weight is 177 g/mol. The lowest BCUT2D eigenvalue weighted by Crippen LogP contribution is -2.09. The van der Waals surface area contributed by atoms with E-state index in [2.05, 4.69) is 4.98 Å². The minimum absolute atomic E-state index is 0.0119. The largest absolute Gasteiger partial charge is 0.349 e. The van der Waals surface area contributed by atoms with Crippen molar-refractivity contribution in [1.82, 2.24) is 4.98 Å². The average Bonchev–Trinajstić information content (AvgIpc) is 2.49. The van der Waals surface area contributed by atoms with Gasteiger partial charge >= 0.3 is 0 Å². The molecule has 0 aromatic carbocycles. The van der Waals surface area contributed by atoms with E-state index in [0.717, 1.165) is 18.4 Å². The van der Waals surface area contributed by atoms with Crippen molar-refractivity contribution in [1.29, 1.82) is 0 Å². The van der Waals surface area contributed by atoms with Crippen LogP contribution in [0.3, 0.4) is 0 Å². The van der Waals surface area contributed by atoms with E-state index in [-0.39, 0.29) is 11.6 Å². The third kappa shape index (κ3) is 1.30. The summed E-state index contributed by atoms with van der Waals surface area (Å²) in [5.41, 5.74) is 2.21. The second-order valence-electron chi connectivity index (χ2n) is 3.42. The number of nitrogens with one attached hydrogen (secondary N) is 1. The molecule has 1 aromatic heterocycles. The standard InChI is InChI=1S/C10H11NO2/c1-6(12)8-5-7-3-2-4-9(13)10(7)11-8/h5,11H,2-4H2,1H3. The molecule has 1 heterocycles. The molecule has 0 spiro atoms. The molecule has 1 N–H and O–H groups in total. The molecule has 1 aliphatic carbocycles. The number of carbonyl (C=O) groups excluding carboxylic acids is 2. The van der Waals surface area contributed by atoms with Crippen molar-refractivity contribution in [2.75, 3.05) is 0 Å². The van der Waals surface area contributed by atoms with Crippen LogP contribution in [0.25, 0.3) is 0 Å². The number of carbonyl (C=O) groups is 2. The van der Waals surface area contributed by atoms with Crippen LogP contribution in [-0.4, -0.2) is 16.6 Å². The first kappa shape index (κ1) is 8.23.